The quantitative estimate of drug-likeness (QED) is 0.848. The zero-order valence-corrected chi connectivity index (χ0v) is 11.1. The van der Waals surface area contributed by atoms with Crippen molar-refractivity contribution in [2.24, 2.45) is 4.99 Å². The van der Waals surface area contributed by atoms with Gasteiger partial charge in [-0.15, -0.1) is 0 Å². The first-order valence-electron chi connectivity index (χ1n) is 6.40. The molecule has 2 aliphatic rings. The summed E-state index contributed by atoms with van der Waals surface area (Å²) < 4.78 is 5.33. The first-order valence-corrected chi connectivity index (χ1v) is 6.40. The van der Waals surface area contributed by atoms with Gasteiger partial charge in [-0.1, -0.05) is 12.1 Å². The Kier molecular flexibility index (Phi) is 2.78. The number of nitrogens with zero attached hydrogens (tertiary/aromatic N) is 2. The molecule has 0 aliphatic carbocycles. The molecule has 5 heteroatoms. The largest absolute Gasteiger partial charge is 0.496 e. The standard InChI is InChI=1S/C14H17N3O2/c1-17-13(18)12(16-14(17)7-8-15-9-14)10-5-3-4-6-11(10)19-2/h3-6,15H,7-9H2,1-2H3. The smallest absolute Gasteiger partial charge is 0.274 e. The van der Waals surface area contributed by atoms with E-state index in [1.807, 2.05) is 31.3 Å². The van der Waals surface area contributed by atoms with E-state index < -0.39 is 5.66 Å². The van der Waals surface area contributed by atoms with Crippen molar-refractivity contribution < 1.29 is 9.53 Å². The molecule has 0 saturated carbocycles. The van der Waals surface area contributed by atoms with Crippen LogP contribution in [0.25, 0.3) is 0 Å². The van der Waals surface area contributed by atoms with Gasteiger partial charge in [-0.2, -0.15) is 0 Å². The summed E-state index contributed by atoms with van der Waals surface area (Å²) in [7, 11) is 3.43. The number of aliphatic imine (C=N–C) groups is 1. The Labute approximate surface area is 112 Å². The average Bonchev–Trinajstić information content (AvgIpc) is 3.01. The van der Waals surface area contributed by atoms with Crippen LogP contribution in [0.5, 0.6) is 5.75 Å². The van der Waals surface area contributed by atoms with E-state index in [0.717, 1.165) is 18.5 Å². The van der Waals surface area contributed by atoms with Crippen molar-refractivity contribution in [2.75, 3.05) is 27.2 Å². The van der Waals surface area contributed by atoms with Gasteiger partial charge in [0.1, 0.15) is 17.1 Å². The van der Waals surface area contributed by atoms with Crippen molar-refractivity contribution in [1.29, 1.82) is 0 Å². The van der Waals surface area contributed by atoms with Crippen molar-refractivity contribution in [3.05, 3.63) is 29.8 Å². The second kappa shape index (κ2) is 4.35. The van der Waals surface area contributed by atoms with Gasteiger partial charge in [0.2, 0.25) is 0 Å². The molecule has 1 unspecified atom stereocenters. The Morgan fingerprint density at radius 3 is 2.89 bits per heavy atom. The summed E-state index contributed by atoms with van der Waals surface area (Å²) in [5.41, 5.74) is 0.863. The molecule has 2 heterocycles. The fourth-order valence-corrected chi connectivity index (χ4v) is 2.74. The van der Waals surface area contributed by atoms with Crippen LogP contribution in [0, 0.1) is 0 Å². The number of amides is 1. The van der Waals surface area contributed by atoms with E-state index in [4.69, 9.17) is 9.73 Å². The van der Waals surface area contributed by atoms with Crippen molar-refractivity contribution >= 4 is 11.6 Å². The zero-order chi connectivity index (χ0) is 13.5. The highest BCUT2D eigenvalue weighted by molar-refractivity contribution is 6.47. The molecule has 3 rings (SSSR count). The minimum Gasteiger partial charge on any atom is -0.496 e. The second-order valence-corrected chi connectivity index (χ2v) is 4.93. The van der Waals surface area contributed by atoms with Crippen LogP contribution in [0.4, 0.5) is 0 Å². The van der Waals surface area contributed by atoms with E-state index in [1.54, 1.807) is 12.0 Å². The Morgan fingerprint density at radius 1 is 1.42 bits per heavy atom. The van der Waals surface area contributed by atoms with Gasteiger partial charge in [-0.25, -0.2) is 4.99 Å². The SMILES string of the molecule is COc1ccccc1C1=NC2(CCNC2)N(C)C1=O. The van der Waals surface area contributed by atoms with E-state index in [9.17, 15) is 4.79 Å². The molecule has 0 bridgehead atoms. The van der Waals surface area contributed by atoms with E-state index in [2.05, 4.69) is 5.32 Å². The van der Waals surface area contributed by atoms with Gasteiger partial charge in [0.15, 0.2) is 0 Å². The van der Waals surface area contributed by atoms with Crippen LogP contribution in [0.1, 0.15) is 12.0 Å². The third-order valence-electron chi connectivity index (χ3n) is 3.92. The van der Waals surface area contributed by atoms with Crippen LogP contribution in [0.3, 0.4) is 0 Å². The Bertz CT molecular complexity index is 547. The lowest BCUT2D eigenvalue weighted by Crippen LogP contribution is -2.45. The van der Waals surface area contributed by atoms with Gasteiger partial charge in [0, 0.05) is 25.6 Å². The normalized spacial score (nSPS) is 26.1. The van der Waals surface area contributed by atoms with Crippen molar-refractivity contribution in [1.82, 2.24) is 10.2 Å². The molecular formula is C14H17N3O2. The molecule has 1 spiro atoms. The lowest BCUT2D eigenvalue weighted by molar-refractivity contribution is -0.125. The zero-order valence-electron chi connectivity index (χ0n) is 11.1. The second-order valence-electron chi connectivity index (χ2n) is 4.93. The van der Waals surface area contributed by atoms with Crippen molar-refractivity contribution in [2.45, 2.75) is 12.1 Å². The van der Waals surface area contributed by atoms with E-state index in [-0.39, 0.29) is 5.91 Å². The van der Waals surface area contributed by atoms with Gasteiger partial charge < -0.3 is 15.0 Å². The maximum absolute atomic E-state index is 12.4. The molecule has 1 amide bonds. The molecule has 0 radical (unpaired) electrons. The summed E-state index contributed by atoms with van der Waals surface area (Å²) in [6, 6.07) is 7.51. The van der Waals surface area contributed by atoms with Crippen LogP contribution in [0.15, 0.2) is 29.3 Å². The van der Waals surface area contributed by atoms with Gasteiger partial charge in [-0.05, 0) is 18.7 Å². The number of likely N-dealkylation sites (N-methyl/N-ethyl adjacent to an activating group) is 1. The summed E-state index contributed by atoms with van der Waals surface area (Å²) in [4.78, 5) is 18.9. The summed E-state index contributed by atoms with van der Waals surface area (Å²) in [6.45, 7) is 1.61. The topological polar surface area (TPSA) is 53.9 Å². The first kappa shape index (κ1) is 12.2. The van der Waals surface area contributed by atoms with E-state index in [0.29, 0.717) is 18.0 Å². The van der Waals surface area contributed by atoms with Gasteiger partial charge >= 0.3 is 0 Å². The van der Waals surface area contributed by atoms with Gasteiger partial charge in [0.25, 0.3) is 5.91 Å². The highest BCUT2D eigenvalue weighted by Gasteiger charge is 2.47. The molecule has 2 aliphatic heterocycles. The number of carbonyl (C=O) groups excluding carboxylic acids is 1. The molecule has 1 saturated heterocycles. The molecule has 19 heavy (non-hydrogen) atoms. The fraction of sp³-hybridized carbons (Fsp3) is 0.429. The molecule has 1 fully saturated rings. The first-order chi connectivity index (χ1) is 9.18. The summed E-state index contributed by atoms with van der Waals surface area (Å²) in [6.07, 6.45) is 0.855. The number of carbonyl (C=O) groups is 1. The Balaban J connectivity index is 2.07. The van der Waals surface area contributed by atoms with Gasteiger partial charge in [-0.3, -0.25) is 4.79 Å². The molecule has 5 nitrogen and oxygen atoms in total. The molecule has 1 aromatic rings. The van der Waals surface area contributed by atoms with Crippen LogP contribution in [0.2, 0.25) is 0 Å². The number of hydrogen-bond donors (Lipinski definition) is 1. The predicted octanol–water partition coefficient (Wildman–Crippen LogP) is 0.646. The van der Waals surface area contributed by atoms with Crippen LogP contribution < -0.4 is 10.1 Å². The molecular weight excluding hydrogens is 242 g/mol. The Morgan fingerprint density at radius 2 is 2.21 bits per heavy atom. The number of rotatable bonds is 2. The highest BCUT2D eigenvalue weighted by atomic mass is 16.5. The fourth-order valence-electron chi connectivity index (χ4n) is 2.74. The highest BCUT2D eigenvalue weighted by Crippen LogP contribution is 2.32. The average molecular weight is 259 g/mol. The predicted molar refractivity (Wildman–Crippen MR) is 72.5 cm³/mol. The minimum atomic E-state index is -0.409. The van der Waals surface area contributed by atoms with E-state index in [1.165, 1.54) is 0 Å². The Hall–Kier alpha value is -1.88. The number of methoxy groups -OCH3 is 1. The van der Waals surface area contributed by atoms with Crippen LogP contribution in [-0.4, -0.2) is 49.4 Å². The van der Waals surface area contributed by atoms with Crippen LogP contribution in [-0.2, 0) is 4.79 Å². The van der Waals surface area contributed by atoms with Crippen molar-refractivity contribution in [3.63, 3.8) is 0 Å². The molecule has 100 valence electrons. The maximum Gasteiger partial charge on any atom is 0.274 e. The molecule has 1 N–H and O–H groups in total. The maximum atomic E-state index is 12.4. The minimum absolute atomic E-state index is 0.0341. The molecule has 0 aromatic heterocycles. The number of ether oxygens (including phenoxy) is 1. The van der Waals surface area contributed by atoms with Crippen LogP contribution >= 0.6 is 0 Å². The third kappa shape index (κ3) is 1.73. The number of para-hydroxylation sites is 1. The lowest BCUT2D eigenvalue weighted by Gasteiger charge is -2.28. The lowest BCUT2D eigenvalue weighted by atomic mass is 10.1. The molecule has 1 atom stereocenters. The summed E-state index contributed by atoms with van der Waals surface area (Å²) >= 11 is 0. The van der Waals surface area contributed by atoms with Crippen molar-refractivity contribution in [3.8, 4) is 5.75 Å². The van der Waals surface area contributed by atoms with Gasteiger partial charge in [0.05, 0.1) is 7.11 Å². The molecule has 1 aromatic carbocycles. The van der Waals surface area contributed by atoms with E-state index >= 15 is 0 Å². The summed E-state index contributed by atoms with van der Waals surface area (Å²) in [5, 5.41) is 3.27. The number of nitrogens with one attached hydrogen (secondary N) is 1. The third-order valence-corrected chi connectivity index (χ3v) is 3.92. The monoisotopic (exact) mass is 259 g/mol. The number of hydrogen-bond acceptors (Lipinski definition) is 4. The summed E-state index contributed by atoms with van der Waals surface area (Å²) in [5.74, 6) is 0.652. The number of benzene rings is 1.